The molecule has 0 aliphatic rings. The van der Waals surface area contributed by atoms with Crippen molar-refractivity contribution in [2.45, 2.75) is 31.5 Å². The summed E-state index contributed by atoms with van der Waals surface area (Å²) in [5.41, 5.74) is 6.66. The second kappa shape index (κ2) is 6.70. The fraction of sp³-hybridized carbons (Fsp3) is 0.583. The van der Waals surface area contributed by atoms with Crippen LogP contribution in [0.2, 0.25) is 0 Å². The molecule has 1 amide bonds. The Bertz CT molecular complexity index is 411. The first-order valence-corrected chi connectivity index (χ1v) is 7.04. The highest BCUT2D eigenvalue weighted by molar-refractivity contribution is 7.98. The van der Waals surface area contributed by atoms with Crippen molar-refractivity contribution in [3.05, 3.63) is 18.1 Å². The van der Waals surface area contributed by atoms with Gasteiger partial charge in [-0.3, -0.25) is 9.78 Å². The van der Waals surface area contributed by atoms with Crippen molar-refractivity contribution in [2.24, 2.45) is 11.7 Å². The van der Waals surface area contributed by atoms with Crippen molar-refractivity contribution >= 4 is 17.7 Å². The van der Waals surface area contributed by atoms with Gasteiger partial charge in [0, 0.05) is 19.4 Å². The van der Waals surface area contributed by atoms with Crippen molar-refractivity contribution in [1.29, 1.82) is 0 Å². The molecule has 18 heavy (non-hydrogen) atoms. The zero-order chi connectivity index (χ0) is 13.7. The predicted molar refractivity (Wildman–Crippen MR) is 73.1 cm³/mol. The Labute approximate surface area is 112 Å². The second-order valence-corrected chi connectivity index (χ2v) is 5.27. The predicted octanol–water partition coefficient (Wildman–Crippen LogP) is 1.14. The highest BCUT2D eigenvalue weighted by atomic mass is 32.2. The van der Waals surface area contributed by atoms with Crippen LogP contribution in [0.4, 0.5) is 0 Å². The van der Waals surface area contributed by atoms with Gasteiger partial charge in [0.1, 0.15) is 5.03 Å². The van der Waals surface area contributed by atoms with Crippen LogP contribution in [0, 0.1) is 5.92 Å². The summed E-state index contributed by atoms with van der Waals surface area (Å²) in [4.78, 5) is 22.1. The molecule has 1 rings (SSSR count). The first kappa shape index (κ1) is 14.9. The van der Waals surface area contributed by atoms with E-state index < -0.39 is 6.04 Å². The topological polar surface area (TPSA) is 72.1 Å². The molecule has 100 valence electrons. The van der Waals surface area contributed by atoms with E-state index in [0.29, 0.717) is 6.54 Å². The zero-order valence-electron chi connectivity index (χ0n) is 11.3. The van der Waals surface area contributed by atoms with Crippen LogP contribution in [0.5, 0.6) is 0 Å². The molecule has 0 aromatic carbocycles. The summed E-state index contributed by atoms with van der Waals surface area (Å²) in [6.45, 7) is 4.31. The van der Waals surface area contributed by atoms with Gasteiger partial charge in [-0.25, -0.2) is 4.98 Å². The normalized spacial score (nSPS) is 12.6. The maximum atomic E-state index is 12.0. The lowest BCUT2D eigenvalue weighted by molar-refractivity contribution is -0.132. The molecule has 0 saturated carbocycles. The molecule has 0 spiro atoms. The summed E-state index contributed by atoms with van der Waals surface area (Å²) < 4.78 is 0. The number of nitrogens with zero attached hydrogens (tertiary/aromatic N) is 3. The van der Waals surface area contributed by atoms with E-state index in [-0.39, 0.29) is 11.8 Å². The molecule has 0 saturated heterocycles. The summed E-state index contributed by atoms with van der Waals surface area (Å²) in [5, 5.41) is 0.843. The molecule has 6 heteroatoms. The molecule has 1 aromatic rings. The van der Waals surface area contributed by atoms with E-state index in [0.717, 1.165) is 10.7 Å². The minimum absolute atomic E-state index is 0.0669. The Morgan fingerprint density at radius 1 is 1.44 bits per heavy atom. The average Bonchev–Trinajstić information content (AvgIpc) is 2.37. The third-order valence-electron chi connectivity index (χ3n) is 2.70. The van der Waals surface area contributed by atoms with Crippen LogP contribution < -0.4 is 5.73 Å². The van der Waals surface area contributed by atoms with Gasteiger partial charge in [-0.15, -0.1) is 11.8 Å². The monoisotopic (exact) mass is 268 g/mol. The molecule has 1 atom stereocenters. The smallest absolute Gasteiger partial charge is 0.239 e. The van der Waals surface area contributed by atoms with Gasteiger partial charge in [0.05, 0.1) is 18.3 Å². The SMILES string of the molecule is CSc1nccnc1CN(C)C(=O)C(N)C(C)C. The van der Waals surface area contributed by atoms with Gasteiger partial charge in [-0.2, -0.15) is 0 Å². The fourth-order valence-corrected chi connectivity index (χ4v) is 1.99. The van der Waals surface area contributed by atoms with Crippen LogP contribution in [-0.2, 0) is 11.3 Å². The van der Waals surface area contributed by atoms with Gasteiger partial charge in [0.15, 0.2) is 0 Å². The zero-order valence-corrected chi connectivity index (χ0v) is 12.1. The lowest BCUT2D eigenvalue weighted by Crippen LogP contribution is -2.44. The maximum absolute atomic E-state index is 12.0. The van der Waals surface area contributed by atoms with E-state index in [4.69, 9.17) is 5.73 Å². The third kappa shape index (κ3) is 3.68. The van der Waals surface area contributed by atoms with E-state index in [1.165, 1.54) is 11.8 Å². The number of likely N-dealkylation sites (N-methyl/N-ethyl adjacent to an activating group) is 1. The van der Waals surface area contributed by atoms with Crippen LogP contribution in [0.25, 0.3) is 0 Å². The Morgan fingerprint density at radius 2 is 2.06 bits per heavy atom. The largest absolute Gasteiger partial charge is 0.338 e. The summed E-state index contributed by atoms with van der Waals surface area (Å²) in [6.07, 6.45) is 5.22. The fourth-order valence-electron chi connectivity index (χ4n) is 1.48. The number of hydrogen-bond acceptors (Lipinski definition) is 5. The Kier molecular flexibility index (Phi) is 5.55. The van der Waals surface area contributed by atoms with E-state index in [1.54, 1.807) is 24.3 Å². The van der Waals surface area contributed by atoms with E-state index >= 15 is 0 Å². The highest BCUT2D eigenvalue weighted by Gasteiger charge is 2.22. The molecule has 1 heterocycles. The van der Waals surface area contributed by atoms with Gasteiger partial charge in [0.25, 0.3) is 0 Å². The van der Waals surface area contributed by atoms with Crippen LogP contribution >= 0.6 is 11.8 Å². The molecule has 0 aliphatic heterocycles. The van der Waals surface area contributed by atoms with Crippen molar-refractivity contribution in [2.75, 3.05) is 13.3 Å². The highest BCUT2D eigenvalue weighted by Crippen LogP contribution is 2.16. The first-order valence-electron chi connectivity index (χ1n) is 5.81. The van der Waals surface area contributed by atoms with Crippen LogP contribution in [-0.4, -0.2) is 40.1 Å². The average molecular weight is 268 g/mol. The number of hydrogen-bond donors (Lipinski definition) is 1. The molecule has 0 fully saturated rings. The van der Waals surface area contributed by atoms with Crippen LogP contribution in [0.3, 0.4) is 0 Å². The summed E-state index contributed by atoms with van der Waals surface area (Å²) in [7, 11) is 1.74. The van der Waals surface area contributed by atoms with E-state index in [9.17, 15) is 4.79 Å². The summed E-state index contributed by atoms with van der Waals surface area (Å²) >= 11 is 1.52. The van der Waals surface area contributed by atoms with Crippen molar-refractivity contribution in [3.8, 4) is 0 Å². The Morgan fingerprint density at radius 3 is 2.61 bits per heavy atom. The molecule has 1 aromatic heterocycles. The van der Waals surface area contributed by atoms with Gasteiger partial charge in [-0.1, -0.05) is 13.8 Å². The minimum Gasteiger partial charge on any atom is -0.338 e. The van der Waals surface area contributed by atoms with Crippen LogP contribution in [0.15, 0.2) is 17.4 Å². The number of aromatic nitrogens is 2. The van der Waals surface area contributed by atoms with Gasteiger partial charge in [0.2, 0.25) is 5.91 Å². The molecular weight excluding hydrogens is 248 g/mol. The van der Waals surface area contributed by atoms with Gasteiger partial charge >= 0.3 is 0 Å². The Hall–Kier alpha value is -1.14. The molecule has 0 radical (unpaired) electrons. The molecule has 0 bridgehead atoms. The number of nitrogens with two attached hydrogens (primary N) is 1. The Balaban J connectivity index is 2.75. The number of carbonyl (C=O) groups excluding carboxylic acids is 1. The second-order valence-electron chi connectivity index (χ2n) is 4.48. The quantitative estimate of drug-likeness (QED) is 0.811. The maximum Gasteiger partial charge on any atom is 0.239 e. The first-order chi connectivity index (χ1) is 8.47. The van der Waals surface area contributed by atoms with E-state index in [1.807, 2.05) is 20.1 Å². The number of carbonyl (C=O) groups is 1. The molecule has 0 aliphatic carbocycles. The molecule has 5 nitrogen and oxygen atoms in total. The standard InChI is InChI=1S/C12H20N4OS/c1-8(2)10(13)12(17)16(3)7-9-11(18-4)15-6-5-14-9/h5-6,8,10H,7,13H2,1-4H3. The van der Waals surface area contributed by atoms with Crippen molar-refractivity contribution in [1.82, 2.24) is 14.9 Å². The van der Waals surface area contributed by atoms with Crippen molar-refractivity contribution in [3.63, 3.8) is 0 Å². The molecular formula is C12H20N4OS. The molecule has 2 N–H and O–H groups in total. The number of thioether (sulfide) groups is 1. The lowest BCUT2D eigenvalue weighted by atomic mass is 10.0. The van der Waals surface area contributed by atoms with Gasteiger partial charge in [-0.05, 0) is 12.2 Å². The number of rotatable bonds is 5. The van der Waals surface area contributed by atoms with Gasteiger partial charge < -0.3 is 10.6 Å². The lowest BCUT2D eigenvalue weighted by Gasteiger charge is -2.23. The summed E-state index contributed by atoms with van der Waals surface area (Å²) in [5.74, 6) is 0.0598. The summed E-state index contributed by atoms with van der Waals surface area (Å²) in [6, 6.07) is -0.468. The van der Waals surface area contributed by atoms with E-state index in [2.05, 4.69) is 9.97 Å². The minimum atomic E-state index is -0.468. The number of amides is 1. The molecule has 1 unspecified atom stereocenters. The third-order valence-corrected chi connectivity index (χ3v) is 3.42. The van der Waals surface area contributed by atoms with Crippen LogP contribution in [0.1, 0.15) is 19.5 Å². The van der Waals surface area contributed by atoms with Crippen molar-refractivity contribution < 1.29 is 4.79 Å².